The maximum Gasteiger partial charge on any atom is 0.415 e. The molecule has 1 aromatic heterocycles. The zero-order valence-electron chi connectivity index (χ0n) is 11.5. The molecule has 0 saturated carbocycles. The van der Waals surface area contributed by atoms with Gasteiger partial charge in [0.1, 0.15) is 0 Å². The van der Waals surface area contributed by atoms with Gasteiger partial charge >= 0.3 is 6.18 Å². The summed E-state index contributed by atoms with van der Waals surface area (Å²) < 4.78 is 41.9. The van der Waals surface area contributed by atoms with Gasteiger partial charge in [0.25, 0.3) is 0 Å². The second kappa shape index (κ2) is 6.44. The van der Waals surface area contributed by atoms with E-state index in [-0.39, 0.29) is 0 Å². The number of anilines is 1. The van der Waals surface area contributed by atoms with E-state index in [4.69, 9.17) is 9.84 Å². The first-order valence-corrected chi connectivity index (χ1v) is 6.48. The van der Waals surface area contributed by atoms with Gasteiger partial charge in [-0.2, -0.15) is 18.2 Å². The van der Waals surface area contributed by atoms with Gasteiger partial charge in [0, 0.05) is 32.7 Å². The van der Waals surface area contributed by atoms with Crippen LogP contribution in [-0.4, -0.2) is 72.1 Å². The molecule has 2 heterocycles. The van der Waals surface area contributed by atoms with Gasteiger partial charge < -0.3 is 14.7 Å². The Kier molecular flexibility index (Phi) is 4.84. The molecule has 1 fully saturated rings. The highest BCUT2D eigenvalue weighted by Gasteiger charge is 2.39. The number of aliphatic hydroxyl groups excluding tert-OH is 1. The lowest BCUT2D eigenvalue weighted by molar-refractivity contribution is -0.208. The molecule has 0 aliphatic carbocycles. The van der Waals surface area contributed by atoms with Gasteiger partial charge in [-0.25, -0.2) is 0 Å². The van der Waals surface area contributed by atoms with E-state index in [0.29, 0.717) is 37.9 Å². The van der Waals surface area contributed by atoms with Crippen LogP contribution in [-0.2, 0) is 0 Å². The van der Waals surface area contributed by atoms with Crippen LogP contribution in [0.3, 0.4) is 0 Å². The molecule has 9 heteroatoms. The van der Waals surface area contributed by atoms with Gasteiger partial charge in [-0.05, 0) is 0 Å². The molecule has 1 aliphatic rings. The van der Waals surface area contributed by atoms with Crippen molar-refractivity contribution in [3.05, 3.63) is 12.4 Å². The molecule has 1 aromatic rings. The van der Waals surface area contributed by atoms with E-state index in [0.717, 1.165) is 0 Å². The molecular formula is C12H17F3N4O2. The van der Waals surface area contributed by atoms with Crippen LogP contribution >= 0.6 is 0 Å². The molecule has 0 amide bonds. The third kappa shape index (κ3) is 4.18. The fourth-order valence-corrected chi connectivity index (χ4v) is 2.10. The van der Waals surface area contributed by atoms with Crippen molar-refractivity contribution in [2.24, 2.45) is 0 Å². The van der Waals surface area contributed by atoms with Crippen molar-refractivity contribution in [2.75, 3.05) is 44.7 Å². The Morgan fingerprint density at radius 3 is 2.52 bits per heavy atom. The van der Waals surface area contributed by atoms with Crippen LogP contribution in [0.25, 0.3) is 0 Å². The number of aliphatic hydroxyl groups is 1. The number of hydrogen-bond donors (Lipinski definition) is 1. The highest BCUT2D eigenvalue weighted by Crippen LogP contribution is 2.22. The van der Waals surface area contributed by atoms with Crippen molar-refractivity contribution in [3.63, 3.8) is 0 Å². The molecule has 0 bridgehead atoms. The molecule has 1 unspecified atom stereocenters. The number of methoxy groups -OCH3 is 1. The minimum absolute atomic E-state index is 0.391. The first-order valence-electron chi connectivity index (χ1n) is 6.48. The number of halogens is 3. The van der Waals surface area contributed by atoms with Crippen LogP contribution in [0, 0.1) is 0 Å². The Bertz CT molecular complexity index is 464. The predicted molar refractivity (Wildman–Crippen MR) is 69.3 cm³/mol. The van der Waals surface area contributed by atoms with E-state index in [1.807, 2.05) is 4.90 Å². The summed E-state index contributed by atoms with van der Waals surface area (Å²) in [5.41, 5.74) is 0. The maximum atomic E-state index is 12.3. The standard InChI is InChI=1S/C12H17F3N4O2/c1-21-11-7-16-6-10(17-11)19-4-2-18(3-5-19)8-9(20)12(13,14)15/h6-7,9,20H,2-5,8H2,1H3. The monoisotopic (exact) mass is 306 g/mol. The van der Waals surface area contributed by atoms with Crippen molar-refractivity contribution >= 4 is 5.82 Å². The first kappa shape index (κ1) is 15.8. The van der Waals surface area contributed by atoms with Crippen LogP contribution in [0.15, 0.2) is 12.4 Å². The number of β-amino-alcohol motifs (C(OH)–C–C–N with tert-alkyl or cyclic N) is 1. The lowest BCUT2D eigenvalue weighted by atomic mass is 10.2. The van der Waals surface area contributed by atoms with Gasteiger partial charge in [-0.15, -0.1) is 0 Å². The average Bonchev–Trinajstić information content (AvgIpc) is 2.47. The van der Waals surface area contributed by atoms with Gasteiger partial charge in [-0.1, -0.05) is 0 Å². The smallest absolute Gasteiger partial charge is 0.415 e. The number of piperazine rings is 1. The number of alkyl halides is 3. The van der Waals surface area contributed by atoms with Crippen LogP contribution in [0.5, 0.6) is 5.88 Å². The molecule has 21 heavy (non-hydrogen) atoms. The summed E-state index contributed by atoms with van der Waals surface area (Å²) in [7, 11) is 1.49. The van der Waals surface area contributed by atoms with E-state index < -0.39 is 18.8 Å². The molecule has 1 aliphatic heterocycles. The maximum absolute atomic E-state index is 12.3. The van der Waals surface area contributed by atoms with Crippen LogP contribution in [0.4, 0.5) is 19.0 Å². The van der Waals surface area contributed by atoms with Crippen LogP contribution < -0.4 is 9.64 Å². The molecule has 0 aromatic carbocycles. The normalized spacial score (nSPS) is 18.6. The van der Waals surface area contributed by atoms with E-state index >= 15 is 0 Å². The van der Waals surface area contributed by atoms with Gasteiger partial charge in [0.15, 0.2) is 11.9 Å². The Morgan fingerprint density at radius 2 is 1.95 bits per heavy atom. The Hall–Kier alpha value is -1.61. The highest BCUT2D eigenvalue weighted by atomic mass is 19.4. The third-order valence-corrected chi connectivity index (χ3v) is 3.31. The molecule has 1 atom stereocenters. The Morgan fingerprint density at radius 1 is 1.29 bits per heavy atom. The number of hydrogen-bond acceptors (Lipinski definition) is 6. The van der Waals surface area contributed by atoms with E-state index in [1.54, 1.807) is 11.1 Å². The van der Waals surface area contributed by atoms with Crippen molar-refractivity contribution in [1.82, 2.24) is 14.9 Å². The summed E-state index contributed by atoms with van der Waals surface area (Å²) in [5.74, 6) is 1.02. The summed E-state index contributed by atoms with van der Waals surface area (Å²) in [6, 6.07) is 0. The second-order valence-electron chi connectivity index (χ2n) is 4.76. The summed E-state index contributed by atoms with van der Waals surface area (Å²) in [6.07, 6.45) is -3.81. The van der Waals surface area contributed by atoms with E-state index in [1.165, 1.54) is 13.3 Å². The van der Waals surface area contributed by atoms with Crippen molar-refractivity contribution < 1.29 is 23.0 Å². The summed E-state index contributed by atoms with van der Waals surface area (Å²) in [5, 5.41) is 9.07. The van der Waals surface area contributed by atoms with Crippen molar-refractivity contribution in [1.29, 1.82) is 0 Å². The number of ether oxygens (including phenoxy) is 1. The summed E-state index contributed by atoms with van der Waals surface area (Å²) in [4.78, 5) is 11.7. The fourth-order valence-electron chi connectivity index (χ4n) is 2.10. The summed E-state index contributed by atoms with van der Waals surface area (Å²) >= 11 is 0. The van der Waals surface area contributed by atoms with E-state index in [9.17, 15) is 13.2 Å². The zero-order chi connectivity index (χ0) is 15.5. The minimum atomic E-state index is -4.57. The van der Waals surface area contributed by atoms with Crippen LogP contribution in [0.1, 0.15) is 0 Å². The van der Waals surface area contributed by atoms with Gasteiger partial charge in [0.2, 0.25) is 5.88 Å². The Balaban J connectivity index is 1.88. The Labute approximate surface area is 120 Å². The third-order valence-electron chi connectivity index (χ3n) is 3.31. The zero-order valence-corrected chi connectivity index (χ0v) is 11.5. The minimum Gasteiger partial charge on any atom is -0.480 e. The molecule has 1 N–H and O–H groups in total. The molecule has 1 saturated heterocycles. The molecular weight excluding hydrogens is 289 g/mol. The number of rotatable bonds is 4. The number of nitrogens with zero attached hydrogens (tertiary/aromatic N) is 4. The van der Waals surface area contributed by atoms with Crippen molar-refractivity contribution in [3.8, 4) is 5.88 Å². The first-order chi connectivity index (χ1) is 9.90. The van der Waals surface area contributed by atoms with Gasteiger partial charge in [0.05, 0.1) is 19.5 Å². The average molecular weight is 306 g/mol. The lowest BCUT2D eigenvalue weighted by Crippen LogP contribution is -2.51. The predicted octanol–water partition coefficient (Wildman–Crippen LogP) is 0.530. The summed E-state index contributed by atoms with van der Waals surface area (Å²) in [6.45, 7) is 1.48. The molecule has 2 rings (SSSR count). The molecule has 6 nitrogen and oxygen atoms in total. The SMILES string of the molecule is COc1cncc(N2CCN(CC(O)C(F)(F)F)CC2)n1. The van der Waals surface area contributed by atoms with Crippen LogP contribution in [0.2, 0.25) is 0 Å². The fraction of sp³-hybridized carbons (Fsp3) is 0.667. The molecule has 118 valence electrons. The number of aromatic nitrogens is 2. The quantitative estimate of drug-likeness (QED) is 0.875. The molecule has 0 radical (unpaired) electrons. The van der Waals surface area contributed by atoms with Gasteiger partial charge in [-0.3, -0.25) is 9.88 Å². The highest BCUT2D eigenvalue weighted by molar-refractivity contribution is 5.38. The van der Waals surface area contributed by atoms with Crippen molar-refractivity contribution in [2.45, 2.75) is 12.3 Å². The topological polar surface area (TPSA) is 61.7 Å². The largest absolute Gasteiger partial charge is 0.480 e. The van der Waals surface area contributed by atoms with E-state index in [2.05, 4.69) is 9.97 Å². The lowest BCUT2D eigenvalue weighted by Gasteiger charge is -2.36. The second-order valence-corrected chi connectivity index (χ2v) is 4.76. The molecule has 0 spiro atoms.